The molecule has 0 fully saturated rings. The number of aromatic nitrogens is 4. The molecule has 0 aliphatic carbocycles. The smallest absolute Gasteiger partial charge is 0.133 e. The fraction of sp³-hybridized carbons (Fsp3) is 0. The molecular formula is C8H4ClIN4. The Bertz CT molecular complexity index is 445. The van der Waals surface area contributed by atoms with Gasteiger partial charge in [0, 0.05) is 6.07 Å². The zero-order valence-corrected chi connectivity index (χ0v) is 9.77. The Balaban J connectivity index is 2.44. The number of halogens is 2. The van der Waals surface area contributed by atoms with Crippen molar-refractivity contribution in [3.63, 3.8) is 0 Å². The Morgan fingerprint density at radius 1 is 1.07 bits per heavy atom. The topological polar surface area (TPSA) is 51.6 Å². The minimum Gasteiger partial charge on any atom is -0.235 e. The lowest BCUT2D eigenvalue weighted by Crippen LogP contribution is -1.92. The first-order valence-corrected chi connectivity index (χ1v) is 5.18. The van der Waals surface area contributed by atoms with Crippen LogP contribution in [0.15, 0.2) is 24.5 Å². The molecule has 2 aromatic rings. The molecule has 6 heteroatoms. The first-order chi connectivity index (χ1) is 6.75. The molecule has 0 saturated carbocycles. The number of nitrogens with zero attached hydrogens (tertiary/aromatic N) is 4. The Morgan fingerprint density at radius 3 is 2.57 bits per heavy atom. The molecule has 14 heavy (non-hydrogen) atoms. The summed E-state index contributed by atoms with van der Waals surface area (Å²) in [4.78, 5) is 7.83. The molecule has 0 radical (unpaired) electrons. The Kier molecular flexibility index (Phi) is 2.87. The largest absolute Gasteiger partial charge is 0.235 e. The minimum absolute atomic E-state index is 0.398. The lowest BCUT2D eigenvalue weighted by atomic mass is 10.3. The second kappa shape index (κ2) is 4.14. The summed E-state index contributed by atoms with van der Waals surface area (Å²) in [6.45, 7) is 0. The van der Waals surface area contributed by atoms with Gasteiger partial charge >= 0.3 is 0 Å². The fourth-order valence-electron chi connectivity index (χ4n) is 0.926. The molecule has 0 aromatic carbocycles. The summed E-state index contributed by atoms with van der Waals surface area (Å²) in [6, 6.07) is 5.35. The maximum Gasteiger partial charge on any atom is 0.133 e. The van der Waals surface area contributed by atoms with Crippen LogP contribution >= 0.6 is 34.2 Å². The molecule has 0 amide bonds. The van der Waals surface area contributed by atoms with Gasteiger partial charge in [0.25, 0.3) is 0 Å². The molecular weight excluding hydrogens is 314 g/mol. The van der Waals surface area contributed by atoms with E-state index in [2.05, 4.69) is 42.8 Å². The maximum absolute atomic E-state index is 5.73. The first kappa shape index (κ1) is 9.72. The Morgan fingerprint density at radius 2 is 1.93 bits per heavy atom. The van der Waals surface area contributed by atoms with Gasteiger partial charge < -0.3 is 0 Å². The summed E-state index contributed by atoms with van der Waals surface area (Å²) >= 11 is 7.82. The van der Waals surface area contributed by atoms with Crippen LogP contribution < -0.4 is 0 Å². The Hall–Kier alpha value is -0.820. The zero-order valence-electron chi connectivity index (χ0n) is 6.85. The highest BCUT2D eigenvalue weighted by Crippen LogP contribution is 2.15. The van der Waals surface area contributed by atoms with Gasteiger partial charge in [-0.1, -0.05) is 11.6 Å². The van der Waals surface area contributed by atoms with Gasteiger partial charge in [0.1, 0.15) is 20.9 Å². The van der Waals surface area contributed by atoms with Crippen LogP contribution in [0.25, 0.3) is 11.4 Å². The van der Waals surface area contributed by atoms with Gasteiger partial charge in [-0.25, -0.2) is 9.97 Å². The summed E-state index contributed by atoms with van der Waals surface area (Å²) in [6.07, 6.45) is 1.40. The van der Waals surface area contributed by atoms with Crippen molar-refractivity contribution in [3.8, 4) is 11.4 Å². The van der Waals surface area contributed by atoms with E-state index in [0.29, 0.717) is 16.5 Å². The molecule has 2 heterocycles. The van der Waals surface area contributed by atoms with E-state index in [1.165, 1.54) is 6.33 Å². The molecule has 0 aliphatic rings. The van der Waals surface area contributed by atoms with E-state index in [1.807, 2.05) is 12.1 Å². The average molecular weight is 319 g/mol. The van der Waals surface area contributed by atoms with Gasteiger partial charge in [-0.3, -0.25) is 0 Å². The summed E-state index contributed by atoms with van der Waals surface area (Å²) < 4.78 is 0.839. The maximum atomic E-state index is 5.73. The van der Waals surface area contributed by atoms with Crippen LogP contribution in [0.2, 0.25) is 5.15 Å². The highest BCUT2D eigenvalue weighted by Gasteiger charge is 2.02. The molecule has 2 rings (SSSR count). The Labute approximate surface area is 98.9 Å². The van der Waals surface area contributed by atoms with Crippen molar-refractivity contribution in [3.05, 3.63) is 33.4 Å². The minimum atomic E-state index is 0.398. The third-order valence-corrected chi connectivity index (χ3v) is 2.31. The molecule has 70 valence electrons. The van der Waals surface area contributed by atoms with E-state index < -0.39 is 0 Å². The summed E-state index contributed by atoms with van der Waals surface area (Å²) in [7, 11) is 0. The molecule has 4 nitrogen and oxygen atoms in total. The first-order valence-electron chi connectivity index (χ1n) is 3.73. The normalized spacial score (nSPS) is 10.1. The van der Waals surface area contributed by atoms with Crippen molar-refractivity contribution in [2.75, 3.05) is 0 Å². The summed E-state index contributed by atoms with van der Waals surface area (Å²) in [5.74, 6) is 0. The van der Waals surface area contributed by atoms with Gasteiger partial charge in [-0.05, 0) is 34.7 Å². The van der Waals surface area contributed by atoms with E-state index in [4.69, 9.17) is 11.6 Å². The molecule has 0 spiro atoms. The van der Waals surface area contributed by atoms with Gasteiger partial charge in [-0.15, -0.1) is 10.2 Å². The molecule has 0 saturated heterocycles. The lowest BCUT2D eigenvalue weighted by molar-refractivity contribution is 0.997. The van der Waals surface area contributed by atoms with E-state index >= 15 is 0 Å². The van der Waals surface area contributed by atoms with Crippen molar-refractivity contribution >= 4 is 34.2 Å². The van der Waals surface area contributed by atoms with Crippen molar-refractivity contribution in [2.45, 2.75) is 0 Å². The third kappa shape index (κ3) is 2.16. The van der Waals surface area contributed by atoms with E-state index in [9.17, 15) is 0 Å². The predicted molar refractivity (Wildman–Crippen MR) is 60.8 cm³/mol. The summed E-state index contributed by atoms with van der Waals surface area (Å²) in [5.41, 5.74) is 1.36. The van der Waals surface area contributed by atoms with Crippen molar-refractivity contribution in [1.29, 1.82) is 0 Å². The fourth-order valence-corrected chi connectivity index (χ4v) is 1.36. The molecule has 0 aliphatic heterocycles. The molecule has 0 N–H and O–H groups in total. The molecule has 0 atom stereocenters. The zero-order chi connectivity index (χ0) is 9.97. The van der Waals surface area contributed by atoms with Gasteiger partial charge in [0.2, 0.25) is 0 Å². The molecule has 0 unspecified atom stereocenters. The van der Waals surface area contributed by atoms with Crippen molar-refractivity contribution < 1.29 is 0 Å². The van der Waals surface area contributed by atoms with E-state index in [-0.39, 0.29) is 0 Å². The monoisotopic (exact) mass is 318 g/mol. The van der Waals surface area contributed by atoms with Crippen LogP contribution in [0.5, 0.6) is 0 Å². The van der Waals surface area contributed by atoms with Crippen molar-refractivity contribution in [1.82, 2.24) is 20.2 Å². The SMILES string of the molecule is Clc1cc(-c2ccc(I)nn2)ncn1. The number of hydrogen-bond acceptors (Lipinski definition) is 4. The van der Waals surface area contributed by atoms with E-state index in [1.54, 1.807) is 6.07 Å². The third-order valence-electron chi connectivity index (χ3n) is 1.53. The van der Waals surface area contributed by atoms with Gasteiger partial charge in [0.15, 0.2) is 0 Å². The van der Waals surface area contributed by atoms with Crippen LogP contribution in [0.4, 0.5) is 0 Å². The second-order valence-corrected chi connectivity index (χ2v) is 3.96. The highest BCUT2D eigenvalue weighted by molar-refractivity contribution is 14.1. The summed E-state index contributed by atoms with van der Waals surface area (Å²) in [5, 5.41) is 8.30. The standard InChI is InChI=1S/C8H4ClIN4/c9-7-3-6(11-4-12-7)5-1-2-8(10)14-13-5/h1-4H. The number of rotatable bonds is 1. The molecule has 0 bridgehead atoms. The predicted octanol–water partition coefficient (Wildman–Crippen LogP) is 2.19. The van der Waals surface area contributed by atoms with Crippen LogP contribution in [-0.2, 0) is 0 Å². The van der Waals surface area contributed by atoms with Gasteiger partial charge in [-0.2, -0.15) is 0 Å². The van der Waals surface area contributed by atoms with Crippen LogP contribution in [-0.4, -0.2) is 20.2 Å². The van der Waals surface area contributed by atoms with Crippen LogP contribution in [0.3, 0.4) is 0 Å². The van der Waals surface area contributed by atoms with Gasteiger partial charge in [0.05, 0.1) is 5.69 Å². The van der Waals surface area contributed by atoms with Crippen LogP contribution in [0.1, 0.15) is 0 Å². The van der Waals surface area contributed by atoms with Crippen molar-refractivity contribution in [2.24, 2.45) is 0 Å². The van der Waals surface area contributed by atoms with E-state index in [0.717, 1.165) is 3.70 Å². The second-order valence-electron chi connectivity index (χ2n) is 2.47. The molecule has 2 aromatic heterocycles. The lowest BCUT2D eigenvalue weighted by Gasteiger charge is -1.97. The highest BCUT2D eigenvalue weighted by atomic mass is 127. The van der Waals surface area contributed by atoms with Crippen LogP contribution in [0, 0.1) is 3.70 Å². The average Bonchev–Trinajstić information content (AvgIpc) is 2.19. The quantitative estimate of drug-likeness (QED) is 0.597. The number of hydrogen-bond donors (Lipinski definition) is 0.